The van der Waals surface area contributed by atoms with E-state index in [1.807, 2.05) is 0 Å². The van der Waals surface area contributed by atoms with Crippen molar-refractivity contribution in [3.8, 4) is 11.3 Å². The molecule has 1 aromatic carbocycles. The zero-order chi connectivity index (χ0) is 14.8. The number of hydrogen-bond acceptors (Lipinski definition) is 1. The fourth-order valence-corrected chi connectivity index (χ4v) is 4.14. The zero-order valence-electron chi connectivity index (χ0n) is 13.3. The van der Waals surface area contributed by atoms with Gasteiger partial charge in [0, 0.05) is 11.8 Å². The van der Waals surface area contributed by atoms with Crippen LogP contribution in [0.4, 0.5) is 0 Å². The number of nitrogens with zero attached hydrogens (tertiary/aromatic N) is 1. The third-order valence-electron chi connectivity index (χ3n) is 3.50. The van der Waals surface area contributed by atoms with Crippen molar-refractivity contribution < 1.29 is 0 Å². The molecule has 0 saturated carbocycles. The molecule has 2 aromatic rings. The minimum absolute atomic E-state index is 0.677. The highest BCUT2D eigenvalue weighted by molar-refractivity contribution is 6.89. The quantitative estimate of drug-likeness (QED) is 0.753. The van der Waals surface area contributed by atoms with Crippen LogP contribution in [0.15, 0.2) is 42.6 Å². The standard InChI is InChI=1S/C18H25NSi/c1-14(2)11-16-12-17(15-9-7-6-8-10-15)19-13-18(16)20(3,4)5/h6-10,12-14H,11H2,1-5H3. The van der Waals surface area contributed by atoms with Gasteiger partial charge in [-0.25, -0.2) is 0 Å². The summed E-state index contributed by atoms with van der Waals surface area (Å²) >= 11 is 0. The van der Waals surface area contributed by atoms with Gasteiger partial charge >= 0.3 is 0 Å². The Kier molecular flexibility index (Phi) is 4.44. The van der Waals surface area contributed by atoms with Gasteiger partial charge in [-0.15, -0.1) is 0 Å². The Balaban J connectivity index is 2.49. The first-order valence-corrected chi connectivity index (χ1v) is 10.9. The maximum Gasteiger partial charge on any atom is 0.0799 e. The van der Waals surface area contributed by atoms with Crippen LogP contribution >= 0.6 is 0 Å². The molecule has 0 unspecified atom stereocenters. The van der Waals surface area contributed by atoms with Crippen LogP contribution in [0.1, 0.15) is 19.4 Å². The molecule has 0 bridgehead atoms. The Morgan fingerprint density at radius 3 is 2.25 bits per heavy atom. The molecule has 1 aromatic heterocycles. The maximum atomic E-state index is 4.72. The monoisotopic (exact) mass is 283 g/mol. The number of aromatic nitrogens is 1. The lowest BCUT2D eigenvalue weighted by atomic mass is 10.0. The van der Waals surface area contributed by atoms with Crippen LogP contribution in [0, 0.1) is 5.92 Å². The van der Waals surface area contributed by atoms with E-state index in [0.29, 0.717) is 5.92 Å². The SMILES string of the molecule is CC(C)Cc1cc(-c2ccccc2)ncc1[Si](C)(C)C. The number of benzene rings is 1. The van der Waals surface area contributed by atoms with E-state index in [1.54, 1.807) is 0 Å². The second kappa shape index (κ2) is 5.92. The van der Waals surface area contributed by atoms with E-state index in [1.165, 1.54) is 16.3 Å². The minimum atomic E-state index is -1.33. The molecule has 0 aliphatic heterocycles. The normalized spacial score (nSPS) is 11.9. The van der Waals surface area contributed by atoms with E-state index in [-0.39, 0.29) is 0 Å². The summed E-state index contributed by atoms with van der Waals surface area (Å²) in [5, 5.41) is 1.51. The summed E-state index contributed by atoms with van der Waals surface area (Å²) in [6.45, 7) is 11.8. The van der Waals surface area contributed by atoms with Gasteiger partial charge in [-0.05, 0) is 29.2 Å². The Morgan fingerprint density at radius 2 is 1.70 bits per heavy atom. The van der Waals surface area contributed by atoms with Crippen LogP contribution in [-0.4, -0.2) is 13.1 Å². The van der Waals surface area contributed by atoms with Crippen LogP contribution in [0.2, 0.25) is 19.6 Å². The first-order chi connectivity index (χ1) is 9.38. The van der Waals surface area contributed by atoms with Crippen molar-refractivity contribution in [3.63, 3.8) is 0 Å². The maximum absolute atomic E-state index is 4.72. The van der Waals surface area contributed by atoms with Crippen molar-refractivity contribution >= 4 is 13.3 Å². The third kappa shape index (κ3) is 3.57. The molecule has 0 spiro atoms. The summed E-state index contributed by atoms with van der Waals surface area (Å²) in [6, 6.07) is 12.8. The van der Waals surface area contributed by atoms with Gasteiger partial charge in [-0.1, -0.05) is 63.8 Å². The molecule has 1 nitrogen and oxygen atoms in total. The molecule has 1 heterocycles. The topological polar surface area (TPSA) is 12.9 Å². The summed E-state index contributed by atoms with van der Waals surface area (Å²) in [5.41, 5.74) is 3.80. The van der Waals surface area contributed by atoms with E-state index < -0.39 is 8.07 Å². The van der Waals surface area contributed by atoms with Gasteiger partial charge in [-0.2, -0.15) is 0 Å². The van der Waals surface area contributed by atoms with Crippen LogP contribution < -0.4 is 5.19 Å². The second-order valence-electron chi connectivity index (χ2n) is 6.94. The molecular formula is C18H25NSi. The van der Waals surface area contributed by atoms with Gasteiger partial charge in [0.2, 0.25) is 0 Å². The third-order valence-corrected chi connectivity index (χ3v) is 5.56. The Hall–Kier alpha value is -1.41. The smallest absolute Gasteiger partial charge is 0.0799 e. The molecule has 0 atom stereocenters. The van der Waals surface area contributed by atoms with E-state index in [9.17, 15) is 0 Å². The molecule has 0 aliphatic rings. The average molecular weight is 283 g/mol. The van der Waals surface area contributed by atoms with Crippen molar-refractivity contribution in [3.05, 3.63) is 48.2 Å². The van der Waals surface area contributed by atoms with Crippen molar-refractivity contribution in [1.82, 2.24) is 4.98 Å². The number of rotatable bonds is 4. The first kappa shape index (κ1) is 15.0. The van der Waals surface area contributed by atoms with Crippen molar-refractivity contribution in [2.75, 3.05) is 0 Å². The highest BCUT2D eigenvalue weighted by atomic mass is 28.3. The van der Waals surface area contributed by atoms with Gasteiger partial charge in [0.25, 0.3) is 0 Å². The zero-order valence-corrected chi connectivity index (χ0v) is 14.3. The van der Waals surface area contributed by atoms with Crippen LogP contribution in [0.25, 0.3) is 11.3 Å². The molecule has 0 aliphatic carbocycles. The molecule has 0 amide bonds. The van der Waals surface area contributed by atoms with Gasteiger partial charge < -0.3 is 0 Å². The summed E-state index contributed by atoms with van der Waals surface area (Å²) in [7, 11) is -1.33. The summed E-state index contributed by atoms with van der Waals surface area (Å²) in [6.07, 6.45) is 3.27. The van der Waals surface area contributed by atoms with E-state index in [4.69, 9.17) is 4.98 Å². The molecular weight excluding hydrogens is 258 g/mol. The first-order valence-electron chi connectivity index (χ1n) is 7.43. The predicted molar refractivity (Wildman–Crippen MR) is 91.2 cm³/mol. The van der Waals surface area contributed by atoms with E-state index >= 15 is 0 Å². The minimum Gasteiger partial charge on any atom is -0.256 e. The summed E-state index contributed by atoms with van der Waals surface area (Å²) in [5.74, 6) is 0.677. The van der Waals surface area contributed by atoms with Crippen LogP contribution in [0.5, 0.6) is 0 Å². The van der Waals surface area contributed by atoms with E-state index in [2.05, 4.69) is 76.1 Å². The molecule has 0 radical (unpaired) electrons. The largest absolute Gasteiger partial charge is 0.256 e. The summed E-state index contributed by atoms with van der Waals surface area (Å²) < 4.78 is 0. The van der Waals surface area contributed by atoms with Crippen LogP contribution in [0.3, 0.4) is 0 Å². The van der Waals surface area contributed by atoms with Crippen LogP contribution in [-0.2, 0) is 6.42 Å². The predicted octanol–water partition coefficient (Wildman–Crippen LogP) is 4.49. The van der Waals surface area contributed by atoms with Gasteiger partial charge in [0.15, 0.2) is 0 Å². The fraction of sp³-hybridized carbons (Fsp3) is 0.389. The average Bonchev–Trinajstić information content (AvgIpc) is 2.37. The Morgan fingerprint density at radius 1 is 1.05 bits per heavy atom. The van der Waals surface area contributed by atoms with E-state index in [0.717, 1.165) is 12.1 Å². The Labute approximate surface area is 124 Å². The molecule has 106 valence electrons. The van der Waals surface area contributed by atoms with Crippen molar-refractivity contribution in [2.24, 2.45) is 5.92 Å². The Bertz CT molecular complexity index is 568. The molecule has 0 saturated heterocycles. The molecule has 20 heavy (non-hydrogen) atoms. The highest BCUT2D eigenvalue weighted by Gasteiger charge is 2.21. The lowest BCUT2D eigenvalue weighted by Crippen LogP contribution is -2.40. The summed E-state index contributed by atoms with van der Waals surface area (Å²) in [4.78, 5) is 4.72. The highest BCUT2D eigenvalue weighted by Crippen LogP contribution is 2.20. The number of hydrogen-bond donors (Lipinski definition) is 0. The fourth-order valence-electron chi connectivity index (χ4n) is 2.55. The van der Waals surface area contributed by atoms with Crippen molar-refractivity contribution in [1.29, 1.82) is 0 Å². The molecule has 0 fully saturated rings. The number of pyridine rings is 1. The van der Waals surface area contributed by atoms with Crippen molar-refractivity contribution in [2.45, 2.75) is 39.9 Å². The molecule has 2 rings (SSSR count). The lowest BCUT2D eigenvalue weighted by molar-refractivity contribution is 0.649. The molecule has 0 N–H and O–H groups in total. The van der Waals surface area contributed by atoms with Gasteiger partial charge in [0.1, 0.15) is 0 Å². The molecule has 2 heteroatoms. The van der Waals surface area contributed by atoms with Gasteiger partial charge in [-0.3, -0.25) is 4.98 Å². The second-order valence-corrected chi connectivity index (χ2v) is 12.0. The van der Waals surface area contributed by atoms with Gasteiger partial charge in [0.05, 0.1) is 13.8 Å². The lowest BCUT2D eigenvalue weighted by Gasteiger charge is -2.22.